The lowest BCUT2D eigenvalue weighted by Crippen LogP contribution is -2.45. The fourth-order valence-corrected chi connectivity index (χ4v) is 3.44. The molecule has 0 radical (unpaired) electrons. The zero-order chi connectivity index (χ0) is 13.9. The number of imidazole rings is 1. The summed E-state index contributed by atoms with van der Waals surface area (Å²) in [7, 11) is 2.04. The molecule has 3 rings (SSSR count). The third kappa shape index (κ3) is 2.74. The highest BCUT2D eigenvalue weighted by atomic mass is 16.5. The Balaban J connectivity index is 1.64. The molecular formula is C14H25N5O. The number of rotatable bonds is 4. The van der Waals surface area contributed by atoms with E-state index >= 15 is 0 Å². The van der Waals surface area contributed by atoms with Gasteiger partial charge in [-0.15, -0.1) is 0 Å². The summed E-state index contributed by atoms with van der Waals surface area (Å²) in [5.74, 6) is 0. The van der Waals surface area contributed by atoms with Crippen LogP contribution in [0.4, 0.5) is 0 Å². The summed E-state index contributed by atoms with van der Waals surface area (Å²) in [6.07, 6.45) is 5.03. The number of hydrogen-bond donors (Lipinski definition) is 1. The van der Waals surface area contributed by atoms with Crippen LogP contribution in [0, 0.1) is 0 Å². The molecule has 2 aliphatic rings. The van der Waals surface area contributed by atoms with Crippen LogP contribution in [0.1, 0.15) is 18.2 Å². The maximum absolute atomic E-state index is 6.02. The van der Waals surface area contributed by atoms with E-state index in [0.717, 1.165) is 39.4 Å². The maximum Gasteiger partial charge on any atom is 0.0946 e. The Morgan fingerprint density at radius 1 is 1.40 bits per heavy atom. The lowest BCUT2D eigenvalue weighted by molar-refractivity contribution is 0.0176. The van der Waals surface area contributed by atoms with Gasteiger partial charge < -0.3 is 15.0 Å². The molecule has 0 spiro atoms. The van der Waals surface area contributed by atoms with Crippen molar-refractivity contribution in [1.29, 1.82) is 0 Å². The molecule has 0 aromatic carbocycles. The number of ether oxygens (including phenoxy) is 1. The number of hydrogen-bond acceptors (Lipinski definition) is 5. The maximum atomic E-state index is 6.02. The van der Waals surface area contributed by atoms with Gasteiger partial charge in [-0.05, 0) is 6.42 Å². The minimum atomic E-state index is 0.286. The van der Waals surface area contributed by atoms with E-state index in [1.165, 1.54) is 12.1 Å². The van der Waals surface area contributed by atoms with E-state index < -0.39 is 0 Å². The molecule has 112 valence electrons. The van der Waals surface area contributed by atoms with Crippen molar-refractivity contribution in [2.24, 2.45) is 12.8 Å². The quantitative estimate of drug-likeness (QED) is 0.829. The Labute approximate surface area is 120 Å². The molecule has 2 fully saturated rings. The molecule has 0 amide bonds. The molecule has 2 saturated heterocycles. The van der Waals surface area contributed by atoms with Gasteiger partial charge in [0.2, 0.25) is 0 Å². The van der Waals surface area contributed by atoms with Crippen molar-refractivity contribution < 1.29 is 4.74 Å². The molecule has 20 heavy (non-hydrogen) atoms. The Morgan fingerprint density at radius 2 is 2.20 bits per heavy atom. The Hall–Kier alpha value is -0.950. The number of nitrogens with zero attached hydrogens (tertiary/aromatic N) is 4. The first-order valence-electron chi connectivity index (χ1n) is 7.51. The van der Waals surface area contributed by atoms with Crippen LogP contribution in [0.3, 0.4) is 0 Å². The van der Waals surface area contributed by atoms with Gasteiger partial charge in [0.15, 0.2) is 0 Å². The van der Waals surface area contributed by atoms with E-state index in [1.807, 2.05) is 19.6 Å². The van der Waals surface area contributed by atoms with Crippen LogP contribution < -0.4 is 5.73 Å². The molecular weight excluding hydrogens is 254 g/mol. The predicted octanol–water partition coefficient (Wildman–Crippen LogP) is -0.174. The van der Waals surface area contributed by atoms with Crippen LogP contribution >= 0.6 is 0 Å². The normalized spacial score (nSPS) is 27.0. The highest BCUT2D eigenvalue weighted by Crippen LogP contribution is 2.26. The molecule has 1 aromatic heterocycles. The van der Waals surface area contributed by atoms with Crippen molar-refractivity contribution in [1.82, 2.24) is 19.4 Å². The van der Waals surface area contributed by atoms with Crippen molar-refractivity contribution in [2.75, 3.05) is 45.9 Å². The molecule has 6 heteroatoms. The number of nitrogens with two attached hydrogens (primary N) is 1. The van der Waals surface area contributed by atoms with Crippen molar-refractivity contribution in [3.8, 4) is 0 Å². The van der Waals surface area contributed by atoms with Gasteiger partial charge in [-0.3, -0.25) is 9.80 Å². The second-order valence-electron chi connectivity index (χ2n) is 5.77. The molecule has 3 heterocycles. The summed E-state index contributed by atoms with van der Waals surface area (Å²) >= 11 is 0. The molecule has 2 unspecified atom stereocenters. The molecule has 2 atom stereocenters. The van der Waals surface area contributed by atoms with Crippen molar-refractivity contribution in [2.45, 2.75) is 18.5 Å². The minimum absolute atomic E-state index is 0.286. The molecule has 2 aliphatic heterocycles. The average Bonchev–Trinajstić information content (AvgIpc) is 3.12. The highest BCUT2D eigenvalue weighted by molar-refractivity contribution is 5.07. The summed E-state index contributed by atoms with van der Waals surface area (Å²) in [4.78, 5) is 9.31. The summed E-state index contributed by atoms with van der Waals surface area (Å²) in [6.45, 7) is 6.75. The van der Waals surface area contributed by atoms with Gasteiger partial charge in [0.05, 0.1) is 31.3 Å². The summed E-state index contributed by atoms with van der Waals surface area (Å²) in [5.41, 5.74) is 7.24. The van der Waals surface area contributed by atoms with Crippen LogP contribution in [0.5, 0.6) is 0 Å². The molecule has 0 aliphatic carbocycles. The summed E-state index contributed by atoms with van der Waals surface area (Å²) < 4.78 is 7.53. The Kier molecular flexibility index (Phi) is 4.35. The molecule has 0 saturated carbocycles. The predicted molar refractivity (Wildman–Crippen MR) is 77.4 cm³/mol. The minimum Gasteiger partial charge on any atom is -0.379 e. The van der Waals surface area contributed by atoms with E-state index in [2.05, 4.69) is 19.4 Å². The third-order valence-corrected chi connectivity index (χ3v) is 4.62. The zero-order valence-electron chi connectivity index (χ0n) is 12.2. The number of aryl methyl sites for hydroxylation is 1. The number of likely N-dealkylation sites (tertiary alicyclic amines) is 1. The molecule has 0 bridgehead atoms. The van der Waals surface area contributed by atoms with Crippen molar-refractivity contribution >= 4 is 0 Å². The van der Waals surface area contributed by atoms with Gasteiger partial charge in [0.25, 0.3) is 0 Å². The largest absolute Gasteiger partial charge is 0.379 e. The molecule has 2 N–H and O–H groups in total. The Morgan fingerprint density at radius 3 is 2.85 bits per heavy atom. The van der Waals surface area contributed by atoms with Crippen LogP contribution in [0.25, 0.3) is 0 Å². The summed E-state index contributed by atoms with van der Waals surface area (Å²) in [6, 6.07) is 0.940. The van der Waals surface area contributed by atoms with E-state index in [9.17, 15) is 0 Å². The average molecular weight is 279 g/mol. The monoisotopic (exact) mass is 279 g/mol. The second-order valence-corrected chi connectivity index (χ2v) is 5.77. The van der Waals surface area contributed by atoms with E-state index in [-0.39, 0.29) is 6.04 Å². The highest BCUT2D eigenvalue weighted by Gasteiger charge is 2.33. The standard InChI is InChI=1S/C14H25N5O/c1-17-11-16-9-14(17)13(8-15)19-3-2-12(10-19)18-4-6-20-7-5-18/h9,11-13H,2-8,10,15H2,1H3. The smallest absolute Gasteiger partial charge is 0.0946 e. The van der Waals surface area contributed by atoms with Crippen LogP contribution in [-0.2, 0) is 11.8 Å². The van der Waals surface area contributed by atoms with Crippen molar-refractivity contribution in [3.63, 3.8) is 0 Å². The molecule has 6 nitrogen and oxygen atoms in total. The van der Waals surface area contributed by atoms with Crippen LogP contribution in [-0.4, -0.2) is 71.3 Å². The van der Waals surface area contributed by atoms with E-state index in [1.54, 1.807) is 0 Å². The topological polar surface area (TPSA) is 59.6 Å². The SMILES string of the molecule is Cn1cncc1C(CN)N1CCC(N2CCOCC2)C1. The first kappa shape index (κ1) is 14.0. The van der Waals surface area contributed by atoms with Crippen molar-refractivity contribution in [3.05, 3.63) is 18.2 Å². The van der Waals surface area contributed by atoms with Gasteiger partial charge in [-0.25, -0.2) is 4.98 Å². The Bertz CT molecular complexity index is 429. The first-order chi connectivity index (χ1) is 9.79. The van der Waals surface area contributed by atoms with Gasteiger partial charge in [-0.2, -0.15) is 0 Å². The van der Waals surface area contributed by atoms with Crippen LogP contribution in [0.15, 0.2) is 12.5 Å². The third-order valence-electron chi connectivity index (χ3n) is 4.62. The van der Waals surface area contributed by atoms with Gasteiger partial charge >= 0.3 is 0 Å². The van der Waals surface area contributed by atoms with Gasteiger partial charge in [-0.1, -0.05) is 0 Å². The zero-order valence-corrected chi connectivity index (χ0v) is 12.2. The van der Waals surface area contributed by atoms with Gasteiger partial charge in [0, 0.05) is 52.0 Å². The van der Waals surface area contributed by atoms with E-state index in [0.29, 0.717) is 12.6 Å². The van der Waals surface area contributed by atoms with Crippen LogP contribution in [0.2, 0.25) is 0 Å². The van der Waals surface area contributed by atoms with Gasteiger partial charge in [0.1, 0.15) is 0 Å². The fraction of sp³-hybridized carbons (Fsp3) is 0.786. The molecule has 1 aromatic rings. The second kappa shape index (κ2) is 6.22. The number of morpholine rings is 1. The fourth-order valence-electron chi connectivity index (χ4n) is 3.44. The summed E-state index contributed by atoms with van der Waals surface area (Å²) in [5, 5.41) is 0. The lowest BCUT2D eigenvalue weighted by Gasteiger charge is -2.33. The lowest BCUT2D eigenvalue weighted by atomic mass is 10.2. The van der Waals surface area contributed by atoms with E-state index in [4.69, 9.17) is 10.5 Å². The first-order valence-corrected chi connectivity index (χ1v) is 7.51. The number of aromatic nitrogens is 2.